The number of benzene rings is 1. The summed E-state index contributed by atoms with van der Waals surface area (Å²) in [4.78, 5) is 28.4. The maximum Gasteiger partial charge on any atom is 0.272 e. The van der Waals surface area contributed by atoms with Crippen LogP contribution in [-0.4, -0.2) is 29.8 Å². The molecular weight excluding hydrogens is 278 g/mol. The molecule has 2 aromatic rings. The summed E-state index contributed by atoms with van der Waals surface area (Å²) in [7, 11) is 0. The van der Waals surface area contributed by atoms with Gasteiger partial charge < -0.3 is 15.2 Å². The Labute approximate surface area is 130 Å². The monoisotopic (exact) mass is 299 g/mol. The zero-order valence-corrected chi connectivity index (χ0v) is 13.1. The van der Waals surface area contributed by atoms with Crippen molar-refractivity contribution in [3.63, 3.8) is 0 Å². The van der Waals surface area contributed by atoms with E-state index < -0.39 is 0 Å². The Morgan fingerprint density at radius 3 is 2.27 bits per heavy atom. The summed E-state index contributed by atoms with van der Waals surface area (Å²) in [5, 5.41) is 2.81. The van der Waals surface area contributed by atoms with E-state index in [0.717, 1.165) is 24.5 Å². The summed E-state index contributed by atoms with van der Waals surface area (Å²) in [5.41, 5.74) is 2.72. The third-order valence-electron chi connectivity index (χ3n) is 3.59. The Morgan fingerprint density at radius 2 is 1.77 bits per heavy atom. The molecule has 0 aliphatic rings. The van der Waals surface area contributed by atoms with E-state index in [4.69, 9.17) is 0 Å². The van der Waals surface area contributed by atoms with Gasteiger partial charge in [0.2, 0.25) is 0 Å². The number of hydrogen-bond donors (Lipinski definition) is 2. The second kappa shape index (κ2) is 6.93. The van der Waals surface area contributed by atoms with Crippen LogP contribution in [0.2, 0.25) is 0 Å². The molecule has 2 N–H and O–H groups in total. The molecule has 0 radical (unpaired) electrons. The highest BCUT2D eigenvalue weighted by Crippen LogP contribution is 2.18. The molecule has 0 aliphatic heterocycles. The number of carbonyl (C=O) groups is 2. The lowest BCUT2D eigenvalue weighted by molar-refractivity contribution is 0.101. The van der Waals surface area contributed by atoms with E-state index in [1.54, 1.807) is 12.3 Å². The van der Waals surface area contributed by atoms with Gasteiger partial charge >= 0.3 is 0 Å². The second-order valence-electron chi connectivity index (χ2n) is 5.03. The molecule has 1 aromatic heterocycles. The van der Waals surface area contributed by atoms with E-state index in [1.807, 2.05) is 24.3 Å². The molecule has 0 bridgehead atoms. The number of nitrogens with one attached hydrogen (secondary N) is 2. The van der Waals surface area contributed by atoms with Gasteiger partial charge in [-0.25, -0.2) is 0 Å². The van der Waals surface area contributed by atoms with Crippen molar-refractivity contribution in [1.82, 2.24) is 4.98 Å². The summed E-state index contributed by atoms with van der Waals surface area (Å²) < 4.78 is 0. The van der Waals surface area contributed by atoms with Gasteiger partial charge in [-0.05, 0) is 51.1 Å². The fourth-order valence-electron chi connectivity index (χ4n) is 2.27. The number of hydrogen-bond acceptors (Lipinski definition) is 3. The van der Waals surface area contributed by atoms with E-state index in [2.05, 4.69) is 29.0 Å². The first-order chi connectivity index (χ1) is 10.5. The Bertz CT molecular complexity index is 655. The fraction of sp³-hybridized carbons (Fsp3) is 0.294. The molecule has 1 aromatic carbocycles. The third-order valence-corrected chi connectivity index (χ3v) is 3.59. The molecule has 0 aliphatic carbocycles. The van der Waals surface area contributed by atoms with Crippen LogP contribution < -0.4 is 10.2 Å². The number of H-pyrrole nitrogens is 1. The van der Waals surface area contributed by atoms with Gasteiger partial charge in [0.05, 0.1) is 0 Å². The third kappa shape index (κ3) is 3.55. The topological polar surface area (TPSA) is 65.2 Å². The molecule has 1 amide bonds. The van der Waals surface area contributed by atoms with Crippen LogP contribution in [0.25, 0.3) is 0 Å². The van der Waals surface area contributed by atoms with Gasteiger partial charge in [0, 0.05) is 36.2 Å². The smallest absolute Gasteiger partial charge is 0.272 e. The van der Waals surface area contributed by atoms with Crippen molar-refractivity contribution in [1.29, 1.82) is 0 Å². The van der Waals surface area contributed by atoms with Crippen LogP contribution >= 0.6 is 0 Å². The second-order valence-corrected chi connectivity index (χ2v) is 5.03. The predicted molar refractivity (Wildman–Crippen MR) is 88.8 cm³/mol. The molecule has 0 saturated carbocycles. The number of aromatic amines is 1. The van der Waals surface area contributed by atoms with Crippen LogP contribution in [-0.2, 0) is 0 Å². The van der Waals surface area contributed by atoms with Gasteiger partial charge in [-0.2, -0.15) is 0 Å². The van der Waals surface area contributed by atoms with Crippen LogP contribution in [0, 0.1) is 0 Å². The summed E-state index contributed by atoms with van der Waals surface area (Å²) in [6, 6.07) is 9.28. The van der Waals surface area contributed by atoms with E-state index in [1.165, 1.54) is 6.92 Å². The van der Waals surface area contributed by atoms with E-state index in [9.17, 15) is 9.59 Å². The molecule has 0 saturated heterocycles. The van der Waals surface area contributed by atoms with Crippen molar-refractivity contribution in [3.8, 4) is 0 Å². The number of rotatable bonds is 6. The van der Waals surface area contributed by atoms with Crippen molar-refractivity contribution < 1.29 is 9.59 Å². The summed E-state index contributed by atoms with van der Waals surface area (Å²) in [6.07, 6.45) is 1.54. The maximum atomic E-state index is 12.1. The molecule has 0 fully saturated rings. The predicted octanol–water partition coefficient (Wildman–Crippen LogP) is 3.32. The zero-order valence-electron chi connectivity index (χ0n) is 13.1. The quantitative estimate of drug-likeness (QED) is 0.804. The molecule has 5 heteroatoms. The largest absolute Gasteiger partial charge is 0.372 e. The number of carbonyl (C=O) groups excluding carboxylic acids is 2. The van der Waals surface area contributed by atoms with Gasteiger partial charge in [-0.15, -0.1) is 0 Å². The Balaban J connectivity index is 2.06. The number of Topliss-reactive ketones (excluding diaryl/α,β-unsaturated/α-hetero) is 1. The highest BCUT2D eigenvalue weighted by molar-refractivity contribution is 6.05. The SMILES string of the molecule is CCN(CC)c1ccc(NC(=O)c2cc(C(C)=O)c[nH]2)cc1. The molecular formula is C17H21N3O2. The van der Waals surface area contributed by atoms with Crippen LogP contribution in [0.15, 0.2) is 36.5 Å². The first-order valence-electron chi connectivity index (χ1n) is 7.40. The lowest BCUT2D eigenvalue weighted by Crippen LogP contribution is -2.21. The molecule has 0 spiro atoms. The number of amides is 1. The van der Waals surface area contributed by atoms with Crippen molar-refractivity contribution in [2.24, 2.45) is 0 Å². The number of nitrogens with zero attached hydrogens (tertiary/aromatic N) is 1. The zero-order chi connectivity index (χ0) is 16.1. The highest BCUT2D eigenvalue weighted by atomic mass is 16.2. The molecule has 5 nitrogen and oxygen atoms in total. The van der Waals surface area contributed by atoms with Crippen molar-refractivity contribution in [2.45, 2.75) is 20.8 Å². The first-order valence-corrected chi connectivity index (χ1v) is 7.40. The molecule has 116 valence electrons. The molecule has 0 atom stereocenters. The van der Waals surface area contributed by atoms with Gasteiger partial charge in [-0.3, -0.25) is 9.59 Å². The van der Waals surface area contributed by atoms with Gasteiger partial charge in [0.1, 0.15) is 5.69 Å². The number of anilines is 2. The van der Waals surface area contributed by atoms with Crippen LogP contribution in [0.4, 0.5) is 11.4 Å². The molecule has 22 heavy (non-hydrogen) atoms. The van der Waals surface area contributed by atoms with E-state index >= 15 is 0 Å². The Kier molecular flexibility index (Phi) is 4.99. The molecule has 2 rings (SSSR count). The minimum absolute atomic E-state index is 0.0705. The summed E-state index contributed by atoms with van der Waals surface area (Å²) >= 11 is 0. The van der Waals surface area contributed by atoms with Crippen LogP contribution in [0.5, 0.6) is 0 Å². The van der Waals surface area contributed by atoms with Crippen molar-refractivity contribution >= 4 is 23.1 Å². The highest BCUT2D eigenvalue weighted by Gasteiger charge is 2.11. The standard InChI is InChI=1S/C17H21N3O2/c1-4-20(5-2)15-8-6-14(7-9-15)19-17(22)16-10-13(11-18-16)12(3)21/h6-11,18H,4-5H2,1-3H3,(H,19,22). The minimum Gasteiger partial charge on any atom is -0.372 e. The van der Waals surface area contributed by atoms with Crippen molar-refractivity contribution in [3.05, 3.63) is 47.8 Å². The Morgan fingerprint density at radius 1 is 1.14 bits per heavy atom. The fourth-order valence-corrected chi connectivity index (χ4v) is 2.27. The van der Waals surface area contributed by atoms with Crippen molar-refractivity contribution in [2.75, 3.05) is 23.3 Å². The van der Waals surface area contributed by atoms with Crippen LogP contribution in [0.3, 0.4) is 0 Å². The van der Waals surface area contributed by atoms with Gasteiger partial charge in [0.15, 0.2) is 5.78 Å². The average molecular weight is 299 g/mol. The number of aromatic nitrogens is 1. The number of ketones is 1. The van der Waals surface area contributed by atoms with Gasteiger partial charge in [0.25, 0.3) is 5.91 Å². The summed E-state index contributed by atoms with van der Waals surface area (Å²) in [6.45, 7) is 7.57. The van der Waals surface area contributed by atoms with E-state index in [-0.39, 0.29) is 11.7 Å². The minimum atomic E-state index is -0.261. The normalized spacial score (nSPS) is 10.3. The Hall–Kier alpha value is -2.56. The van der Waals surface area contributed by atoms with Crippen LogP contribution in [0.1, 0.15) is 41.6 Å². The van der Waals surface area contributed by atoms with E-state index in [0.29, 0.717) is 11.3 Å². The lowest BCUT2D eigenvalue weighted by Gasteiger charge is -2.21. The summed E-state index contributed by atoms with van der Waals surface area (Å²) in [5.74, 6) is -0.332. The van der Waals surface area contributed by atoms with Gasteiger partial charge in [-0.1, -0.05) is 0 Å². The maximum absolute atomic E-state index is 12.1. The first kappa shape index (κ1) is 15.8. The molecule has 1 heterocycles. The molecule has 0 unspecified atom stereocenters. The average Bonchev–Trinajstić information content (AvgIpc) is 3.00. The lowest BCUT2D eigenvalue weighted by atomic mass is 10.2.